The van der Waals surface area contributed by atoms with Crippen LogP contribution in [0.25, 0.3) is 0 Å². The number of rotatable bonds is 8. The van der Waals surface area contributed by atoms with Gasteiger partial charge in [0.05, 0.1) is 19.1 Å². The third-order valence-electron chi connectivity index (χ3n) is 4.17. The van der Waals surface area contributed by atoms with Crippen molar-refractivity contribution in [2.45, 2.75) is 26.4 Å². The van der Waals surface area contributed by atoms with E-state index in [0.29, 0.717) is 22.0 Å². The van der Waals surface area contributed by atoms with Gasteiger partial charge >= 0.3 is 5.97 Å². The fourth-order valence-electron chi connectivity index (χ4n) is 2.49. The van der Waals surface area contributed by atoms with E-state index in [0.717, 1.165) is 5.56 Å². The number of hydrogen-bond donors (Lipinski definition) is 2. The highest BCUT2D eigenvalue weighted by Crippen LogP contribution is 2.23. The van der Waals surface area contributed by atoms with Gasteiger partial charge in [-0.15, -0.1) is 0 Å². The standard InChI is InChI=1S/C21H23ClN2O5/c1-13-16(22)8-6-9-17(13)24-20(26)14(2)29-19(25)11-12-23-21(27)15-7-4-5-10-18(15)28-3/h4-10,14H,11-12H2,1-3H3,(H,23,27)(H,24,26)/t14-/m0/s1. The molecule has 2 aromatic rings. The number of benzene rings is 2. The molecule has 0 saturated heterocycles. The van der Waals surface area contributed by atoms with Crippen molar-refractivity contribution >= 4 is 35.1 Å². The molecule has 0 fully saturated rings. The molecule has 2 rings (SSSR count). The number of methoxy groups -OCH3 is 1. The number of hydrogen-bond acceptors (Lipinski definition) is 5. The lowest BCUT2D eigenvalue weighted by atomic mass is 10.2. The molecule has 0 heterocycles. The minimum atomic E-state index is -0.995. The van der Waals surface area contributed by atoms with Crippen LogP contribution in [0.4, 0.5) is 5.69 Å². The lowest BCUT2D eigenvalue weighted by Crippen LogP contribution is -2.32. The van der Waals surface area contributed by atoms with Gasteiger partial charge in [-0.25, -0.2) is 0 Å². The number of anilines is 1. The molecule has 0 spiro atoms. The highest BCUT2D eigenvalue weighted by Gasteiger charge is 2.19. The fourth-order valence-corrected chi connectivity index (χ4v) is 2.67. The Bertz CT molecular complexity index is 900. The van der Waals surface area contributed by atoms with Crippen LogP contribution in [0.15, 0.2) is 42.5 Å². The lowest BCUT2D eigenvalue weighted by Gasteiger charge is -2.15. The first-order valence-electron chi connectivity index (χ1n) is 9.00. The van der Waals surface area contributed by atoms with Gasteiger partial charge in [0.15, 0.2) is 6.10 Å². The molecular formula is C21H23ClN2O5. The molecule has 0 unspecified atom stereocenters. The number of amides is 2. The molecular weight excluding hydrogens is 396 g/mol. The Labute approximate surface area is 174 Å². The highest BCUT2D eigenvalue weighted by molar-refractivity contribution is 6.31. The van der Waals surface area contributed by atoms with Gasteiger partial charge in [-0.3, -0.25) is 14.4 Å². The van der Waals surface area contributed by atoms with E-state index in [-0.39, 0.29) is 18.9 Å². The number of para-hydroxylation sites is 1. The summed E-state index contributed by atoms with van der Waals surface area (Å²) in [6.07, 6.45) is -1.07. The Kier molecular flexibility index (Phi) is 8.03. The van der Waals surface area contributed by atoms with E-state index >= 15 is 0 Å². The quantitative estimate of drug-likeness (QED) is 0.641. The molecule has 0 aliphatic rings. The zero-order chi connectivity index (χ0) is 21.4. The van der Waals surface area contributed by atoms with Crippen molar-refractivity contribution in [3.63, 3.8) is 0 Å². The second-order valence-electron chi connectivity index (χ2n) is 6.24. The summed E-state index contributed by atoms with van der Waals surface area (Å²) in [7, 11) is 1.47. The van der Waals surface area contributed by atoms with Gasteiger partial charge in [0.1, 0.15) is 5.75 Å². The van der Waals surface area contributed by atoms with Crippen molar-refractivity contribution < 1.29 is 23.9 Å². The topological polar surface area (TPSA) is 93.7 Å². The van der Waals surface area contributed by atoms with Crippen LogP contribution >= 0.6 is 11.6 Å². The van der Waals surface area contributed by atoms with Crippen LogP contribution in [0.1, 0.15) is 29.3 Å². The number of halogens is 1. The molecule has 1 atom stereocenters. The summed E-state index contributed by atoms with van der Waals surface area (Å²) in [5, 5.41) is 5.83. The Hall–Kier alpha value is -3.06. The maximum atomic E-state index is 12.2. The van der Waals surface area contributed by atoms with Gasteiger partial charge in [-0.2, -0.15) is 0 Å². The van der Waals surface area contributed by atoms with Crippen molar-refractivity contribution in [1.82, 2.24) is 5.32 Å². The van der Waals surface area contributed by atoms with E-state index in [1.807, 2.05) is 0 Å². The zero-order valence-corrected chi connectivity index (χ0v) is 17.2. The van der Waals surface area contributed by atoms with Crippen LogP contribution < -0.4 is 15.4 Å². The normalized spacial score (nSPS) is 11.3. The van der Waals surface area contributed by atoms with Crippen molar-refractivity contribution in [3.8, 4) is 5.75 Å². The summed E-state index contributed by atoms with van der Waals surface area (Å²) in [5.41, 5.74) is 1.64. The summed E-state index contributed by atoms with van der Waals surface area (Å²) < 4.78 is 10.3. The van der Waals surface area contributed by atoms with Crippen molar-refractivity contribution in [2.24, 2.45) is 0 Å². The van der Waals surface area contributed by atoms with E-state index in [4.69, 9.17) is 21.1 Å². The number of nitrogens with one attached hydrogen (secondary N) is 2. The van der Waals surface area contributed by atoms with Crippen LogP contribution in [0, 0.1) is 6.92 Å². The number of carbonyl (C=O) groups is 3. The first kappa shape index (κ1) is 22.2. The van der Waals surface area contributed by atoms with Crippen LogP contribution in [0.2, 0.25) is 5.02 Å². The Morgan fingerprint density at radius 2 is 1.83 bits per heavy atom. The molecule has 2 aromatic carbocycles. The molecule has 8 heteroatoms. The summed E-state index contributed by atoms with van der Waals surface area (Å²) in [6.45, 7) is 3.32. The molecule has 0 saturated carbocycles. The molecule has 2 amide bonds. The van der Waals surface area contributed by atoms with Gasteiger partial charge < -0.3 is 20.1 Å². The number of esters is 1. The van der Waals surface area contributed by atoms with E-state index in [1.54, 1.807) is 49.4 Å². The summed E-state index contributed by atoms with van der Waals surface area (Å²) >= 11 is 6.03. The van der Waals surface area contributed by atoms with Crippen LogP contribution in [-0.2, 0) is 14.3 Å². The predicted octanol–water partition coefficient (Wildman–Crippen LogP) is 3.35. The summed E-state index contributed by atoms with van der Waals surface area (Å²) in [4.78, 5) is 36.4. The van der Waals surface area contributed by atoms with Gasteiger partial charge in [0.2, 0.25) is 0 Å². The second kappa shape index (κ2) is 10.5. The predicted molar refractivity (Wildman–Crippen MR) is 110 cm³/mol. The zero-order valence-electron chi connectivity index (χ0n) is 16.5. The number of ether oxygens (including phenoxy) is 2. The molecule has 0 radical (unpaired) electrons. The molecule has 2 N–H and O–H groups in total. The average molecular weight is 419 g/mol. The minimum Gasteiger partial charge on any atom is -0.496 e. The third-order valence-corrected chi connectivity index (χ3v) is 4.58. The average Bonchev–Trinajstić information content (AvgIpc) is 2.71. The monoisotopic (exact) mass is 418 g/mol. The Morgan fingerprint density at radius 3 is 2.55 bits per heavy atom. The first-order valence-corrected chi connectivity index (χ1v) is 9.38. The maximum Gasteiger partial charge on any atom is 0.308 e. The van der Waals surface area contributed by atoms with E-state index in [9.17, 15) is 14.4 Å². The molecule has 29 heavy (non-hydrogen) atoms. The van der Waals surface area contributed by atoms with E-state index in [2.05, 4.69) is 10.6 Å². The molecule has 0 aliphatic carbocycles. The van der Waals surface area contributed by atoms with Crippen LogP contribution in [-0.4, -0.2) is 37.5 Å². The Balaban J connectivity index is 1.80. The first-order chi connectivity index (χ1) is 13.8. The van der Waals surface area contributed by atoms with Gasteiger partial charge in [-0.1, -0.05) is 29.8 Å². The van der Waals surface area contributed by atoms with Crippen molar-refractivity contribution in [2.75, 3.05) is 19.0 Å². The van der Waals surface area contributed by atoms with E-state index in [1.165, 1.54) is 14.0 Å². The maximum absolute atomic E-state index is 12.2. The van der Waals surface area contributed by atoms with Crippen molar-refractivity contribution in [3.05, 3.63) is 58.6 Å². The smallest absolute Gasteiger partial charge is 0.308 e. The molecule has 0 aromatic heterocycles. The molecule has 154 valence electrons. The summed E-state index contributed by atoms with van der Waals surface area (Å²) in [6, 6.07) is 11.9. The second-order valence-corrected chi connectivity index (χ2v) is 6.65. The number of carbonyl (C=O) groups excluding carboxylic acids is 3. The fraction of sp³-hybridized carbons (Fsp3) is 0.286. The third kappa shape index (κ3) is 6.22. The molecule has 0 aliphatic heterocycles. The summed E-state index contributed by atoms with van der Waals surface area (Å²) in [5.74, 6) is -0.996. The van der Waals surface area contributed by atoms with Gasteiger partial charge in [-0.05, 0) is 43.7 Å². The van der Waals surface area contributed by atoms with Crippen LogP contribution in [0.3, 0.4) is 0 Å². The SMILES string of the molecule is COc1ccccc1C(=O)NCCC(=O)O[C@@H](C)C(=O)Nc1cccc(Cl)c1C. The minimum absolute atomic E-state index is 0.0669. The lowest BCUT2D eigenvalue weighted by molar-refractivity contribution is -0.153. The van der Waals surface area contributed by atoms with Crippen molar-refractivity contribution in [1.29, 1.82) is 0 Å². The van der Waals surface area contributed by atoms with Gasteiger partial charge in [0, 0.05) is 17.3 Å². The van der Waals surface area contributed by atoms with E-state index < -0.39 is 18.0 Å². The molecule has 7 nitrogen and oxygen atoms in total. The molecule has 0 bridgehead atoms. The largest absolute Gasteiger partial charge is 0.496 e. The van der Waals surface area contributed by atoms with Gasteiger partial charge in [0.25, 0.3) is 11.8 Å². The van der Waals surface area contributed by atoms with Crippen LogP contribution in [0.5, 0.6) is 5.75 Å². The highest BCUT2D eigenvalue weighted by atomic mass is 35.5. The Morgan fingerprint density at radius 1 is 1.10 bits per heavy atom.